The highest BCUT2D eigenvalue weighted by Gasteiger charge is 2.35. The van der Waals surface area contributed by atoms with Gasteiger partial charge in [-0.15, -0.1) is 0 Å². The summed E-state index contributed by atoms with van der Waals surface area (Å²) in [6, 6.07) is 13.0. The SMILES string of the molecule is [2H]C([2H])([2H])N1C(=O)CN2CCc3ccccc3C2c2cc(Cl)ccc21. The van der Waals surface area contributed by atoms with Crippen LogP contribution >= 0.6 is 11.6 Å². The lowest BCUT2D eigenvalue weighted by Crippen LogP contribution is -2.40. The molecule has 2 aliphatic rings. The van der Waals surface area contributed by atoms with Crippen molar-refractivity contribution in [2.75, 3.05) is 25.0 Å². The first-order chi connectivity index (χ1) is 11.9. The molecule has 112 valence electrons. The van der Waals surface area contributed by atoms with E-state index in [1.807, 2.05) is 23.1 Å². The van der Waals surface area contributed by atoms with E-state index in [9.17, 15) is 4.79 Å². The zero-order chi connectivity index (χ0) is 17.8. The third-order valence-electron chi connectivity index (χ3n) is 4.50. The van der Waals surface area contributed by atoms with Gasteiger partial charge in [0.15, 0.2) is 0 Å². The van der Waals surface area contributed by atoms with Gasteiger partial charge in [-0.05, 0) is 41.3 Å². The molecule has 1 atom stereocenters. The number of halogens is 1. The number of carbonyl (C=O) groups is 1. The van der Waals surface area contributed by atoms with Gasteiger partial charge in [-0.1, -0.05) is 35.9 Å². The molecule has 4 heteroatoms. The fourth-order valence-electron chi connectivity index (χ4n) is 3.48. The zero-order valence-electron chi connectivity index (χ0n) is 14.9. The smallest absolute Gasteiger partial charge is 0.240 e. The van der Waals surface area contributed by atoms with Gasteiger partial charge in [0.2, 0.25) is 5.91 Å². The van der Waals surface area contributed by atoms with Crippen molar-refractivity contribution in [1.29, 1.82) is 0 Å². The minimum Gasteiger partial charge on any atom is -0.314 e. The van der Waals surface area contributed by atoms with Gasteiger partial charge < -0.3 is 4.90 Å². The van der Waals surface area contributed by atoms with E-state index in [2.05, 4.69) is 6.07 Å². The Balaban J connectivity index is 1.98. The van der Waals surface area contributed by atoms with Gasteiger partial charge in [0.1, 0.15) is 0 Å². The van der Waals surface area contributed by atoms with Crippen LogP contribution in [0.2, 0.25) is 5.02 Å². The molecular weight excluding hydrogens is 296 g/mol. The Morgan fingerprint density at radius 3 is 2.95 bits per heavy atom. The van der Waals surface area contributed by atoms with Crippen molar-refractivity contribution in [2.45, 2.75) is 12.5 Å². The van der Waals surface area contributed by atoms with Crippen LogP contribution in [-0.2, 0) is 11.2 Å². The summed E-state index contributed by atoms with van der Waals surface area (Å²) in [4.78, 5) is 15.8. The van der Waals surface area contributed by atoms with Crippen LogP contribution in [0.4, 0.5) is 5.69 Å². The summed E-state index contributed by atoms with van der Waals surface area (Å²) in [7, 11) is 0. The van der Waals surface area contributed by atoms with Gasteiger partial charge in [0, 0.05) is 28.3 Å². The quantitative estimate of drug-likeness (QED) is 0.745. The predicted octanol–water partition coefficient (Wildman–Crippen LogP) is 3.26. The second-order valence-electron chi connectivity index (χ2n) is 5.75. The summed E-state index contributed by atoms with van der Waals surface area (Å²) in [6.45, 7) is -1.76. The van der Waals surface area contributed by atoms with E-state index < -0.39 is 12.9 Å². The Bertz CT molecular complexity index is 852. The Morgan fingerprint density at radius 1 is 1.23 bits per heavy atom. The van der Waals surface area contributed by atoms with E-state index in [-0.39, 0.29) is 12.6 Å². The molecule has 1 amide bonds. The van der Waals surface area contributed by atoms with Crippen LogP contribution in [-0.4, -0.2) is 30.9 Å². The second-order valence-corrected chi connectivity index (χ2v) is 6.19. The minimum atomic E-state index is -2.53. The maximum Gasteiger partial charge on any atom is 0.240 e. The maximum absolute atomic E-state index is 12.8. The highest BCUT2D eigenvalue weighted by molar-refractivity contribution is 6.30. The molecular formula is C18H17ClN2O. The van der Waals surface area contributed by atoms with Crippen molar-refractivity contribution in [3.63, 3.8) is 0 Å². The molecule has 0 N–H and O–H groups in total. The summed E-state index contributed by atoms with van der Waals surface area (Å²) < 4.78 is 23.5. The highest BCUT2D eigenvalue weighted by atomic mass is 35.5. The number of hydrogen-bond acceptors (Lipinski definition) is 2. The Kier molecular flexibility index (Phi) is 2.51. The normalized spacial score (nSPS) is 23.5. The van der Waals surface area contributed by atoms with Gasteiger partial charge >= 0.3 is 0 Å². The molecule has 0 saturated heterocycles. The fourth-order valence-corrected chi connectivity index (χ4v) is 3.66. The van der Waals surface area contributed by atoms with Crippen molar-refractivity contribution in [3.8, 4) is 0 Å². The molecule has 3 nitrogen and oxygen atoms in total. The van der Waals surface area contributed by atoms with E-state index in [0.717, 1.165) is 22.4 Å². The first kappa shape index (κ1) is 10.8. The van der Waals surface area contributed by atoms with Crippen molar-refractivity contribution in [2.24, 2.45) is 0 Å². The number of carbonyl (C=O) groups excluding carboxylic acids is 1. The molecule has 0 aliphatic carbocycles. The molecule has 2 aromatic rings. The number of amides is 1. The molecule has 0 saturated carbocycles. The van der Waals surface area contributed by atoms with E-state index in [1.54, 1.807) is 18.2 Å². The minimum absolute atomic E-state index is 0.0731. The molecule has 22 heavy (non-hydrogen) atoms. The summed E-state index contributed by atoms with van der Waals surface area (Å²) in [5.41, 5.74) is 3.52. The first-order valence-corrected chi connectivity index (χ1v) is 7.68. The van der Waals surface area contributed by atoms with Crippen LogP contribution in [0.1, 0.15) is 26.8 Å². The van der Waals surface area contributed by atoms with Crippen molar-refractivity contribution in [1.82, 2.24) is 4.90 Å². The number of anilines is 1. The van der Waals surface area contributed by atoms with Crippen LogP contribution in [0.25, 0.3) is 0 Å². The summed E-state index contributed by atoms with van der Waals surface area (Å²) in [5.74, 6) is -0.412. The topological polar surface area (TPSA) is 23.6 Å². The zero-order valence-corrected chi connectivity index (χ0v) is 12.7. The second kappa shape index (κ2) is 5.11. The molecule has 4 rings (SSSR count). The molecule has 0 fully saturated rings. The van der Waals surface area contributed by atoms with Crippen LogP contribution < -0.4 is 4.90 Å². The number of nitrogens with zero attached hydrogens (tertiary/aromatic N) is 2. The van der Waals surface area contributed by atoms with Crippen molar-refractivity contribution < 1.29 is 8.91 Å². The van der Waals surface area contributed by atoms with E-state index in [4.69, 9.17) is 15.7 Å². The van der Waals surface area contributed by atoms with Crippen LogP contribution in [0, 0.1) is 0 Å². The van der Waals surface area contributed by atoms with Crippen LogP contribution in [0.5, 0.6) is 0 Å². The molecule has 0 radical (unpaired) electrons. The van der Waals surface area contributed by atoms with Gasteiger partial charge in [0.05, 0.1) is 12.6 Å². The Hall–Kier alpha value is -1.84. The van der Waals surface area contributed by atoms with E-state index in [1.165, 1.54) is 5.56 Å². The van der Waals surface area contributed by atoms with Gasteiger partial charge in [-0.2, -0.15) is 0 Å². The average Bonchev–Trinajstić information content (AvgIpc) is 2.67. The first-order valence-electron chi connectivity index (χ1n) is 8.80. The number of rotatable bonds is 0. The predicted molar refractivity (Wildman–Crippen MR) is 88.4 cm³/mol. The summed E-state index contributed by atoms with van der Waals surface area (Å²) >= 11 is 6.22. The largest absolute Gasteiger partial charge is 0.314 e. The lowest BCUT2D eigenvalue weighted by Gasteiger charge is -2.36. The highest BCUT2D eigenvalue weighted by Crippen LogP contribution is 2.41. The lowest BCUT2D eigenvalue weighted by molar-refractivity contribution is -0.119. The van der Waals surface area contributed by atoms with E-state index >= 15 is 0 Å². The number of fused-ring (bicyclic) bond motifs is 5. The summed E-state index contributed by atoms with van der Waals surface area (Å²) in [6.07, 6.45) is 0.837. The van der Waals surface area contributed by atoms with Crippen molar-refractivity contribution >= 4 is 23.2 Å². The van der Waals surface area contributed by atoms with Crippen molar-refractivity contribution in [3.05, 3.63) is 64.2 Å². The average molecular weight is 316 g/mol. The Morgan fingerprint density at radius 2 is 2.09 bits per heavy atom. The monoisotopic (exact) mass is 315 g/mol. The lowest BCUT2D eigenvalue weighted by atomic mass is 9.88. The molecule has 0 bridgehead atoms. The third kappa shape index (κ3) is 2.04. The van der Waals surface area contributed by atoms with Gasteiger partial charge in [0.25, 0.3) is 0 Å². The van der Waals surface area contributed by atoms with Gasteiger partial charge in [-0.3, -0.25) is 9.69 Å². The maximum atomic E-state index is 12.8. The molecule has 1 unspecified atom stereocenters. The number of hydrogen-bond donors (Lipinski definition) is 0. The fraction of sp³-hybridized carbons (Fsp3) is 0.278. The summed E-state index contributed by atoms with van der Waals surface area (Å²) in [5, 5.41) is 0.529. The molecule has 0 spiro atoms. The number of benzene rings is 2. The molecule has 2 aromatic carbocycles. The molecule has 2 aliphatic heterocycles. The van der Waals surface area contributed by atoms with Crippen LogP contribution in [0.15, 0.2) is 42.5 Å². The van der Waals surface area contributed by atoms with E-state index in [0.29, 0.717) is 17.3 Å². The standard InChI is InChI=1S/C18H17ClN2O/c1-20-16-7-6-13(19)10-15(16)18-14-5-3-2-4-12(14)8-9-21(18)11-17(20)22/h2-7,10,18H,8-9,11H2,1H3/i1D3. The molecule has 2 heterocycles. The molecule has 0 aromatic heterocycles. The van der Waals surface area contributed by atoms with Crippen LogP contribution in [0.3, 0.4) is 0 Å². The Labute approximate surface area is 139 Å². The third-order valence-corrected chi connectivity index (χ3v) is 4.73. The number of likely N-dealkylation sites (N-methyl/N-ethyl adjacent to an activating group) is 1. The van der Waals surface area contributed by atoms with Gasteiger partial charge in [-0.25, -0.2) is 0 Å².